The van der Waals surface area contributed by atoms with Crippen LogP contribution >= 0.6 is 12.2 Å². The molecule has 1 aliphatic heterocycles. The van der Waals surface area contributed by atoms with E-state index in [9.17, 15) is 9.59 Å². The van der Waals surface area contributed by atoms with Crippen LogP contribution in [0.1, 0.15) is 35.8 Å². The molecule has 24 heavy (non-hydrogen) atoms. The molecule has 0 radical (unpaired) electrons. The quantitative estimate of drug-likeness (QED) is 0.637. The molecule has 0 saturated heterocycles. The van der Waals surface area contributed by atoms with Crippen molar-refractivity contribution >= 4 is 29.3 Å². The average Bonchev–Trinajstić information content (AvgIpc) is 2.59. The number of esters is 2. The van der Waals surface area contributed by atoms with Crippen molar-refractivity contribution in [2.24, 2.45) is 5.92 Å². The fourth-order valence-electron chi connectivity index (χ4n) is 2.56. The van der Waals surface area contributed by atoms with Gasteiger partial charge >= 0.3 is 11.9 Å². The molecular weight excluding hydrogens is 328 g/mol. The van der Waals surface area contributed by atoms with E-state index in [1.165, 1.54) is 14.2 Å². The highest BCUT2D eigenvalue weighted by Gasteiger charge is 2.33. The van der Waals surface area contributed by atoms with E-state index in [4.69, 9.17) is 21.7 Å². The largest absolute Gasteiger partial charge is 0.466 e. The molecule has 2 rings (SSSR count). The van der Waals surface area contributed by atoms with Gasteiger partial charge in [-0.15, -0.1) is 0 Å². The van der Waals surface area contributed by atoms with Gasteiger partial charge in [0.25, 0.3) is 0 Å². The Kier molecular flexibility index (Phi) is 5.56. The standard InChI is InChI=1S/C17H20N2O4S/c1-9(2)13-12(16(21)23-4)14(19-17(24)18-13)10-5-7-11(8-6-10)15(20)22-3/h5-9,14H,1-4H3,(H2,18,19,24)/t14-/m1/s1. The van der Waals surface area contributed by atoms with E-state index >= 15 is 0 Å². The summed E-state index contributed by atoms with van der Waals surface area (Å²) < 4.78 is 9.64. The lowest BCUT2D eigenvalue weighted by molar-refractivity contribution is -0.136. The number of hydrogen-bond acceptors (Lipinski definition) is 5. The lowest BCUT2D eigenvalue weighted by atomic mass is 9.91. The van der Waals surface area contributed by atoms with Crippen molar-refractivity contribution in [1.29, 1.82) is 0 Å². The van der Waals surface area contributed by atoms with E-state index in [1.807, 2.05) is 13.8 Å². The molecule has 2 N–H and O–H groups in total. The summed E-state index contributed by atoms with van der Waals surface area (Å²) in [5, 5.41) is 6.57. The summed E-state index contributed by atoms with van der Waals surface area (Å²) in [5.41, 5.74) is 2.44. The third kappa shape index (κ3) is 3.56. The zero-order valence-corrected chi connectivity index (χ0v) is 14.8. The van der Waals surface area contributed by atoms with E-state index in [-0.39, 0.29) is 5.92 Å². The minimum atomic E-state index is -0.449. The molecule has 0 fully saturated rings. The maximum Gasteiger partial charge on any atom is 0.337 e. The number of carbonyl (C=O) groups excluding carboxylic acids is 2. The minimum Gasteiger partial charge on any atom is -0.466 e. The number of methoxy groups -OCH3 is 2. The highest BCUT2D eigenvalue weighted by atomic mass is 32.1. The zero-order chi connectivity index (χ0) is 17.9. The first-order chi connectivity index (χ1) is 11.4. The Morgan fingerprint density at radius 2 is 1.67 bits per heavy atom. The number of ether oxygens (including phenoxy) is 2. The van der Waals surface area contributed by atoms with Crippen LogP contribution in [0.4, 0.5) is 0 Å². The van der Waals surface area contributed by atoms with Crippen LogP contribution in [0.15, 0.2) is 35.5 Å². The molecule has 0 aliphatic carbocycles. The first kappa shape index (κ1) is 17.9. The summed E-state index contributed by atoms with van der Waals surface area (Å²) in [5.74, 6) is -0.777. The Morgan fingerprint density at radius 1 is 1.08 bits per heavy atom. The number of hydrogen-bond donors (Lipinski definition) is 2. The topological polar surface area (TPSA) is 76.7 Å². The van der Waals surface area contributed by atoms with E-state index in [1.54, 1.807) is 24.3 Å². The van der Waals surface area contributed by atoms with Crippen LogP contribution in [-0.2, 0) is 14.3 Å². The summed E-state index contributed by atoms with van der Waals surface area (Å²) in [7, 11) is 2.67. The first-order valence-electron chi connectivity index (χ1n) is 7.47. The SMILES string of the molecule is COC(=O)C1=C(C(C)C)NC(=S)N[C@@H]1c1ccc(C(=O)OC)cc1. The molecule has 1 heterocycles. The van der Waals surface area contributed by atoms with Gasteiger partial charge in [-0.1, -0.05) is 26.0 Å². The van der Waals surface area contributed by atoms with Gasteiger partial charge in [0.05, 0.1) is 31.4 Å². The first-order valence-corrected chi connectivity index (χ1v) is 7.88. The molecule has 6 nitrogen and oxygen atoms in total. The predicted molar refractivity (Wildman–Crippen MR) is 93.3 cm³/mol. The van der Waals surface area contributed by atoms with Gasteiger partial charge in [-0.2, -0.15) is 0 Å². The smallest absolute Gasteiger partial charge is 0.337 e. The van der Waals surface area contributed by atoms with E-state index in [0.29, 0.717) is 16.2 Å². The molecule has 0 unspecified atom stereocenters. The van der Waals surface area contributed by atoms with Crippen LogP contribution in [0.5, 0.6) is 0 Å². The maximum atomic E-state index is 12.3. The van der Waals surface area contributed by atoms with Crippen LogP contribution in [0.2, 0.25) is 0 Å². The molecule has 1 aromatic rings. The van der Waals surface area contributed by atoms with Crippen LogP contribution < -0.4 is 10.6 Å². The maximum absolute atomic E-state index is 12.3. The van der Waals surface area contributed by atoms with Gasteiger partial charge in [0, 0.05) is 5.70 Å². The molecule has 0 amide bonds. The molecule has 0 aromatic heterocycles. The van der Waals surface area contributed by atoms with Crippen LogP contribution in [0, 0.1) is 5.92 Å². The Hall–Kier alpha value is -2.41. The number of rotatable bonds is 4. The van der Waals surface area contributed by atoms with Gasteiger partial charge in [-0.3, -0.25) is 0 Å². The summed E-state index contributed by atoms with van der Waals surface area (Å²) in [6, 6.07) is 6.38. The van der Waals surface area contributed by atoms with Crippen LogP contribution in [0.25, 0.3) is 0 Å². The summed E-state index contributed by atoms with van der Waals surface area (Å²) in [4.78, 5) is 23.9. The van der Waals surface area contributed by atoms with Crippen molar-refractivity contribution in [3.8, 4) is 0 Å². The van der Waals surface area contributed by atoms with Gasteiger partial charge in [-0.25, -0.2) is 9.59 Å². The molecule has 7 heteroatoms. The third-order valence-electron chi connectivity index (χ3n) is 3.75. The predicted octanol–water partition coefficient (Wildman–Crippen LogP) is 2.08. The molecule has 0 bridgehead atoms. The van der Waals surface area contributed by atoms with Crippen molar-refractivity contribution < 1.29 is 19.1 Å². The number of allylic oxidation sites excluding steroid dienone is 1. The summed E-state index contributed by atoms with van der Waals surface area (Å²) in [6.45, 7) is 3.94. The highest BCUT2D eigenvalue weighted by Crippen LogP contribution is 2.30. The fraction of sp³-hybridized carbons (Fsp3) is 0.353. The number of carbonyl (C=O) groups is 2. The second-order valence-electron chi connectivity index (χ2n) is 5.62. The van der Waals surface area contributed by atoms with Crippen molar-refractivity contribution in [2.45, 2.75) is 19.9 Å². The minimum absolute atomic E-state index is 0.0657. The normalized spacial score (nSPS) is 17.2. The fourth-order valence-corrected chi connectivity index (χ4v) is 2.78. The van der Waals surface area contributed by atoms with Crippen molar-refractivity contribution in [1.82, 2.24) is 10.6 Å². The average molecular weight is 348 g/mol. The number of thiocarbonyl (C=S) groups is 1. The van der Waals surface area contributed by atoms with Gasteiger partial charge in [0.1, 0.15) is 0 Å². The Morgan fingerprint density at radius 3 is 2.17 bits per heavy atom. The monoisotopic (exact) mass is 348 g/mol. The van der Waals surface area contributed by atoms with Gasteiger partial charge in [0.2, 0.25) is 0 Å². The number of benzene rings is 1. The van der Waals surface area contributed by atoms with Gasteiger partial charge in [-0.05, 0) is 35.8 Å². The van der Waals surface area contributed by atoms with E-state index < -0.39 is 18.0 Å². The van der Waals surface area contributed by atoms with Crippen molar-refractivity contribution in [3.05, 3.63) is 46.7 Å². The molecule has 1 aliphatic rings. The van der Waals surface area contributed by atoms with Gasteiger partial charge < -0.3 is 20.1 Å². The Balaban J connectivity index is 2.49. The molecular formula is C17H20N2O4S. The van der Waals surface area contributed by atoms with Crippen molar-refractivity contribution in [3.63, 3.8) is 0 Å². The molecule has 0 saturated carbocycles. The summed E-state index contributed by atoms with van der Waals surface area (Å²) >= 11 is 5.26. The Bertz CT molecular complexity index is 695. The number of nitrogens with one attached hydrogen (secondary N) is 2. The Labute approximate surface area is 146 Å². The van der Waals surface area contributed by atoms with Crippen molar-refractivity contribution in [2.75, 3.05) is 14.2 Å². The van der Waals surface area contributed by atoms with Crippen LogP contribution in [-0.4, -0.2) is 31.3 Å². The highest BCUT2D eigenvalue weighted by molar-refractivity contribution is 7.80. The molecule has 0 spiro atoms. The molecule has 128 valence electrons. The lowest BCUT2D eigenvalue weighted by Crippen LogP contribution is -2.46. The second-order valence-corrected chi connectivity index (χ2v) is 6.03. The summed E-state index contributed by atoms with van der Waals surface area (Å²) in [6.07, 6.45) is 0. The molecule has 1 atom stereocenters. The molecule has 1 aromatic carbocycles. The van der Waals surface area contributed by atoms with E-state index in [0.717, 1.165) is 11.3 Å². The van der Waals surface area contributed by atoms with E-state index in [2.05, 4.69) is 10.6 Å². The second kappa shape index (κ2) is 7.44. The lowest BCUT2D eigenvalue weighted by Gasteiger charge is -2.32. The van der Waals surface area contributed by atoms with Crippen LogP contribution in [0.3, 0.4) is 0 Å². The van der Waals surface area contributed by atoms with Gasteiger partial charge in [0.15, 0.2) is 5.11 Å². The zero-order valence-electron chi connectivity index (χ0n) is 14.0. The third-order valence-corrected chi connectivity index (χ3v) is 3.97.